The lowest BCUT2D eigenvalue weighted by molar-refractivity contribution is 0.301. The first-order chi connectivity index (χ1) is 7.99. The molecule has 5 heteroatoms. The molecule has 98 valence electrons. The van der Waals surface area contributed by atoms with Crippen LogP contribution in [0.25, 0.3) is 0 Å². The van der Waals surface area contributed by atoms with Crippen molar-refractivity contribution in [3.05, 3.63) is 5.82 Å². The van der Waals surface area contributed by atoms with E-state index < -0.39 is 0 Å². The van der Waals surface area contributed by atoms with Crippen LogP contribution in [0.1, 0.15) is 46.4 Å². The maximum absolute atomic E-state index is 9.08. The highest BCUT2D eigenvalue weighted by Crippen LogP contribution is 2.25. The second-order valence-electron chi connectivity index (χ2n) is 5.21. The van der Waals surface area contributed by atoms with Crippen molar-refractivity contribution < 1.29 is 5.11 Å². The number of nitrogens with zero attached hydrogens (tertiary/aromatic N) is 3. The fourth-order valence-corrected chi connectivity index (χ4v) is 2.33. The summed E-state index contributed by atoms with van der Waals surface area (Å²) in [6.07, 6.45) is 2.26. The van der Waals surface area contributed by atoms with Gasteiger partial charge in [-0.05, 0) is 6.42 Å². The summed E-state index contributed by atoms with van der Waals surface area (Å²) in [6, 6.07) is 0. The van der Waals surface area contributed by atoms with E-state index in [2.05, 4.69) is 42.0 Å². The van der Waals surface area contributed by atoms with Gasteiger partial charge in [0, 0.05) is 30.0 Å². The average Bonchev–Trinajstić information content (AvgIpc) is 2.72. The topological polar surface area (TPSA) is 49.2 Å². The minimum Gasteiger partial charge on any atom is -0.395 e. The molecule has 0 aliphatic heterocycles. The van der Waals surface area contributed by atoms with Crippen molar-refractivity contribution in [3.8, 4) is 0 Å². The maximum Gasteiger partial charge on any atom is 0.205 e. The highest BCUT2D eigenvalue weighted by molar-refractivity contribution is 7.09. The average molecular weight is 257 g/mol. The SMILES string of the molecule is CCCCN(CCO)c1nc(C(C)(C)C)ns1. The number of aliphatic hydroxyl groups is 1. The molecule has 0 fully saturated rings. The Labute approximate surface area is 108 Å². The summed E-state index contributed by atoms with van der Waals surface area (Å²) in [4.78, 5) is 6.70. The van der Waals surface area contributed by atoms with Crippen molar-refractivity contribution >= 4 is 16.7 Å². The second kappa shape index (κ2) is 6.31. The fraction of sp³-hybridized carbons (Fsp3) is 0.833. The van der Waals surface area contributed by atoms with Gasteiger partial charge in [-0.2, -0.15) is 4.37 Å². The van der Waals surface area contributed by atoms with E-state index in [9.17, 15) is 0 Å². The predicted octanol–water partition coefficient (Wildman–Crippen LogP) is 2.43. The molecule has 1 heterocycles. The first kappa shape index (κ1) is 14.4. The number of aromatic nitrogens is 2. The van der Waals surface area contributed by atoms with Crippen molar-refractivity contribution in [2.75, 3.05) is 24.6 Å². The molecule has 1 aromatic heterocycles. The Morgan fingerprint density at radius 2 is 2.00 bits per heavy atom. The molecule has 0 aliphatic rings. The first-order valence-corrected chi connectivity index (χ1v) is 6.96. The van der Waals surface area contributed by atoms with Crippen molar-refractivity contribution in [2.45, 2.75) is 46.0 Å². The number of hydrogen-bond donors (Lipinski definition) is 1. The summed E-state index contributed by atoms with van der Waals surface area (Å²) < 4.78 is 4.41. The summed E-state index contributed by atoms with van der Waals surface area (Å²) in [5, 5.41) is 10.0. The molecule has 0 amide bonds. The molecular formula is C12H23N3OS. The molecule has 0 saturated carbocycles. The molecule has 0 radical (unpaired) electrons. The lowest BCUT2D eigenvalue weighted by Crippen LogP contribution is -2.27. The van der Waals surface area contributed by atoms with Gasteiger partial charge in [0.05, 0.1) is 6.61 Å². The van der Waals surface area contributed by atoms with E-state index in [4.69, 9.17) is 5.11 Å². The van der Waals surface area contributed by atoms with Crippen molar-refractivity contribution in [2.24, 2.45) is 0 Å². The molecule has 0 bridgehead atoms. The van der Waals surface area contributed by atoms with Gasteiger partial charge >= 0.3 is 0 Å². The standard InChI is InChI=1S/C12H23N3OS/c1-5-6-7-15(8-9-16)11-13-10(14-17-11)12(2,3)4/h16H,5-9H2,1-4H3. The lowest BCUT2D eigenvalue weighted by Gasteiger charge is -2.20. The minimum absolute atomic E-state index is 0.00953. The number of unbranched alkanes of at least 4 members (excludes halogenated alkanes) is 1. The fourth-order valence-electron chi connectivity index (χ4n) is 1.42. The largest absolute Gasteiger partial charge is 0.395 e. The van der Waals surface area contributed by atoms with Crippen LogP contribution in [0.4, 0.5) is 5.13 Å². The van der Waals surface area contributed by atoms with Gasteiger partial charge in [0.1, 0.15) is 5.82 Å². The number of hydrogen-bond acceptors (Lipinski definition) is 5. The van der Waals surface area contributed by atoms with Gasteiger partial charge in [-0.25, -0.2) is 4.98 Å². The van der Waals surface area contributed by atoms with Gasteiger partial charge in [-0.3, -0.25) is 0 Å². The maximum atomic E-state index is 9.08. The van der Waals surface area contributed by atoms with Crippen molar-refractivity contribution in [3.63, 3.8) is 0 Å². The van der Waals surface area contributed by atoms with Gasteiger partial charge in [0.15, 0.2) is 0 Å². The zero-order chi connectivity index (χ0) is 12.9. The van der Waals surface area contributed by atoms with Crippen LogP contribution in [0, 0.1) is 0 Å². The highest BCUT2D eigenvalue weighted by atomic mass is 32.1. The monoisotopic (exact) mass is 257 g/mol. The van der Waals surface area contributed by atoms with Gasteiger partial charge in [-0.15, -0.1) is 0 Å². The lowest BCUT2D eigenvalue weighted by atomic mass is 9.96. The Morgan fingerprint density at radius 3 is 2.47 bits per heavy atom. The third-order valence-corrected chi connectivity index (χ3v) is 3.29. The van der Waals surface area contributed by atoms with Crippen LogP contribution in [0.3, 0.4) is 0 Å². The minimum atomic E-state index is -0.00953. The molecule has 0 aromatic carbocycles. The van der Waals surface area contributed by atoms with E-state index in [1.165, 1.54) is 11.5 Å². The third-order valence-electron chi connectivity index (χ3n) is 2.51. The second-order valence-corrected chi connectivity index (χ2v) is 5.95. The Kier molecular flexibility index (Phi) is 5.33. The smallest absolute Gasteiger partial charge is 0.205 e. The summed E-state index contributed by atoms with van der Waals surface area (Å²) in [5.41, 5.74) is -0.00953. The van der Waals surface area contributed by atoms with Crippen LogP contribution in [0.15, 0.2) is 0 Å². The summed E-state index contributed by atoms with van der Waals surface area (Å²) in [6.45, 7) is 10.2. The quantitative estimate of drug-likeness (QED) is 0.850. The van der Waals surface area contributed by atoms with Crippen LogP contribution in [-0.2, 0) is 5.41 Å². The van der Waals surface area contributed by atoms with Crippen LogP contribution in [0.5, 0.6) is 0 Å². The molecule has 0 unspecified atom stereocenters. The summed E-state index contributed by atoms with van der Waals surface area (Å²) in [5.74, 6) is 0.886. The van der Waals surface area contributed by atoms with E-state index in [0.717, 1.165) is 30.3 Å². The van der Waals surface area contributed by atoms with Gasteiger partial charge in [0.25, 0.3) is 0 Å². The van der Waals surface area contributed by atoms with Gasteiger partial charge in [-0.1, -0.05) is 34.1 Å². The third kappa shape index (κ3) is 4.24. The Balaban J connectivity index is 2.76. The van der Waals surface area contributed by atoms with Gasteiger partial charge in [0.2, 0.25) is 5.13 Å². The predicted molar refractivity (Wildman–Crippen MR) is 72.8 cm³/mol. The first-order valence-electron chi connectivity index (χ1n) is 6.19. The van der Waals surface area contributed by atoms with Gasteiger partial charge < -0.3 is 10.0 Å². The molecule has 0 aliphatic carbocycles. The molecule has 1 N–H and O–H groups in total. The summed E-state index contributed by atoms with van der Waals surface area (Å²) in [7, 11) is 0. The zero-order valence-electron chi connectivity index (χ0n) is 11.2. The highest BCUT2D eigenvalue weighted by Gasteiger charge is 2.21. The molecular weight excluding hydrogens is 234 g/mol. The van der Waals surface area contributed by atoms with E-state index in [1.54, 1.807) is 0 Å². The molecule has 0 spiro atoms. The van der Waals surface area contributed by atoms with Crippen LogP contribution in [-0.4, -0.2) is 34.2 Å². The van der Waals surface area contributed by atoms with E-state index in [-0.39, 0.29) is 12.0 Å². The molecule has 17 heavy (non-hydrogen) atoms. The molecule has 0 atom stereocenters. The van der Waals surface area contributed by atoms with E-state index in [0.29, 0.717) is 6.54 Å². The Hall–Kier alpha value is -0.680. The van der Waals surface area contributed by atoms with Crippen LogP contribution < -0.4 is 4.90 Å². The van der Waals surface area contributed by atoms with E-state index in [1.807, 2.05) is 0 Å². The van der Waals surface area contributed by atoms with E-state index >= 15 is 0 Å². The summed E-state index contributed by atoms with van der Waals surface area (Å²) >= 11 is 1.43. The zero-order valence-corrected chi connectivity index (χ0v) is 12.0. The van der Waals surface area contributed by atoms with Crippen LogP contribution >= 0.6 is 11.5 Å². The molecule has 1 aromatic rings. The Morgan fingerprint density at radius 1 is 1.29 bits per heavy atom. The van der Waals surface area contributed by atoms with Crippen molar-refractivity contribution in [1.82, 2.24) is 9.36 Å². The normalized spacial score (nSPS) is 11.8. The molecule has 4 nitrogen and oxygen atoms in total. The number of rotatable bonds is 6. The molecule has 0 saturated heterocycles. The molecule has 1 rings (SSSR count). The number of anilines is 1. The Bertz CT molecular complexity index is 333. The van der Waals surface area contributed by atoms with Crippen molar-refractivity contribution in [1.29, 1.82) is 0 Å². The van der Waals surface area contributed by atoms with Crippen LogP contribution in [0.2, 0.25) is 0 Å². The number of aliphatic hydroxyl groups excluding tert-OH is 1.